The summed E-state index contributed by atoms with van der Waals surface area (Å²) in [5.74, 6) is 1.28. The molecule has 0 radical (unpaired) electrons. The Morgan fingerprint density at radius 3 is 2.34 bits per heavy atom. The normalized spacial score (nSPS) is 14.7. The third kappa shape index (κ3) is 5.49. The summed E-state index contributed by atoms with van der Waals surface area (Å²) in [6, 6.07) is 11.2. The Balaban J connectivity index is 1.45. The molecule has 1 N–H and O–H groups in total. The van der Waals surface area contributed by atoms with Gasteiger partial charge in [0.25, 0.3) is 15.9 Å². The van der Waals surface area contributed by atoms with Crippen molar-refractivity contribution >= 4 is 21.6 Å². The number of nitrogens with zero attached hydrogens (tertiary/aromatic N) is 3. The van der Waals surface area contributed by atoms with E-state index in [1.54, 1.807) is 42.3 Å². The number of hydrogen-bond acceptors (Lipinski definition) is 7. The molecule has 35 heavy (non-hydrogen) atoms. The number of anilines is 1. The van der Waals surface area contributed by atoms with Crippen molar-refractivity contribution in [2.24, 2.45) is 0 Å². The van der Waals surface area contributed by atoms with Crippen LogP contribution in [-0.4, -0.2) is 62.6 Å². The summed E-state index contributed by atoms with van der Waals surface area (Å²) in [6.45, 7) is 8.92. The van der Waals surface area contributed by atoms with Gasteiger partial charge in [0.2, 0.25) is 0 Å². The van der Waals surface area contributed by atoms with E-state index >= 15 is 0 Å². The van der Waals surface area contributed by atoms with Gasteiger partial charge in [0, 0.05) is 49.5 Å². The zero-order valence-corrected chi connectivity index (χ0v) is 21.2. The van der Waals surface area contributed by atoms with Gasteiger partial charge in [-0.1, -0.05) is 11.2 Å². The minimum Gasteiger partial charge on any atom is -0.497 e. The first kappa shape index (κ1) is 24.7. The van der Waals surface area contributed by atoms with Crippen molar-refractivity contribution in [1.82, 2.24) is 15.0 Å². The maximum absolute atomic E-state index is 13.3. The van der Waals surface area contributed by atoms with E-state index in [-0.39, 0.29) is 10.8 Å². The molecule has 1 saturated heterocycles. The first-order valence-corrected chi connectivity index (χ1v) is 12.9. The molecule has 2 aromatic carbocycles. The fraction of sp³-hybridized carbons (Fsp3) is 0.360. The first-order valence-electron chi connectivity index (χ1n) is 11.4. The van der Waals surface area contributed by atoms with Gasteiger partial charge in [-0.25, -0.2) is 8.42 Å². The van der Waals surface area contributed by atoms with Gasteiger partial charge in [0.05, 0.1) is 17.7 Å². The number of benzene rings is 2. The lowest BCUT2D eigenvalue weighted by Crippen LogP contribution is -2.48. The third-order valence-corrected chi connectivity index (χ3v) is 7.69. The second-order valence-electron chi connectivity index (χ2n) is 8.68. The molecule has 1 amide bonds. The second-order valence-corrected chi connectivity index (χ2v) is 10.4. The molecule has 1 aromatic heterocycles. The average Bonchev–Trinajstić information content (AvgIpc) is 3.16. The van der Waals surface area contributed by atoms with Gasteiger partial charge in [0.1, 0.15) is 11.5 Å². The van der Waals surface area contributed by atoms with E-state index in [0.29, 0.717) is 43.2 Å². The lowest BCUT2D eigenvalue weighted by molar-refractivity contribution is 0.0626. The molecule has 0 atom stereocenters. The molecule has 0 bridgehead atoms. The highest BCUT2D eigenvalue weighted by molar-refractivity contribution is 7.92. The SMILES string of the molecule is COc1ccc(NS(=O)(=O)c2ccc(C)c(C(=O)N3CCN(Cc4c(C)noc4C)CC3)c2)cc1. The van der Waals surface area contributed by atoms with Crippen molar-refractivity contribution < 1.29 is 22.5 Å². The maximum Gasteiger partial charge on any atom is 0.261 e. The van der Waals surface area contributed by atoms with E-state index in [2.05, 4.69) is 14.8 Å². The van der Waals surface area contributed by atoms with Crippen LogP contribution in [0, 0.1) is 20.8 Å². The Bertz CT molecular complexity index is 1290. The van der Waals surface area contributed by atoms with Gasteiger partial charge in [-0.15, -0.1) is 0 Å². The van der Waals surface area contributed by atoms with Crippen LogP contribution in [-0.2, 0) is 16.6 Å². The van der Waals surface area contributed by atoms with E-state index in [1.165, 1.54) is 12.1 Å². The minimum atomic E-state index is -3.87. The van der Waals surface area contributed by atoms with Crippen LogP contribution in [0.5, 0.6) is 5.75 Å². The summed E-state index contributed by atoms with van der Waals surface area (Å²) in [7, 11) is -2.32. The Morgan fingerprint density at radius 2 is 1.74 bits per heavy atom. The van der Waals surface area contributed by atoms with Crippen LogP contribution >= 0.6 is 0 Å². The minimum absolute atomic E-state index is 0.0410. The fourth-order valence-electron chi connectivity index (χ4n) is 4.10. The highest BCUT2D eigenvalue weighted by Gasteiger charge is 2.26. The molecular formula is C25H30N4O5S. The summed E-state index contributed by atoms with van der Waals surface area (Å²) < 4.78 is 38.9. The van der Waals surface area contributed by atoms with Gasteiger partial charge in [-0.05, 0) is 62.7 Å². The van der Waals surface area contributed by atoms with Crippen molar-refractivity contribution in [1.29, 1.82) is 0 Å². The largest absolute Gasteiger partial charge is 0.497 e. The maximum atomic E-state index is 13.3. The van der Waals surface area contributed by atoms with Crippen LogP contribution in [0.4, 0.5) is 5.69 Å². The quantitative estimate of drug-likeness (QED) is 0.532. The number of sulfonamides is 1. The molecule has 2 heterocycles. The zero-order chi connectivity index (χ0) is 25.2. The zero-order valence-electron chi connectivity index (χ0n) is 20.4. The number of hydrogen-bond donors (Lipinski definition) is 1. The van der Waals surface area contributed by atoms with Crippen LogP contribution < -0.4 is 9.46 Å². The van der Waals surface area contributed by atoms with Crippen molar-refractivity contribution in [3.8, 4) is 5.75 Å². The number of nitrogens with one attached hydrogen (secondary N) is 1. The van der Waals surface area contributed by atoms with E-state index in [9.17, 15) is 13.2 Å². The van der Waals surface area contributed by atoms with Crippen molar-refractivity contribution in [3.05, 3.63) is 70.6 Å². The first-order chi connectivity index (χ1) is 16.7. The van der Waals surface area contributed by atoms with Crippen molar-refractivity contribution in [2.45, 2.75) is 32.2 Å². The molecule has 3 aromatic rings. The van der Waals surface area contributed by atoms with Gasteiger partial charge in [0.15, 0.2) is 0 Å². The number of aryl methyl sites for hydroxylation is 3. The highest BCUT2D eigenvalue weighted by atomic mass is 32.2. The number of aromatic nitrogens is 1. The van der Waals surface area contributed by atoms with Crippen LogP contribution in [0.3, 0.4) is 0 Å². The molecule has 1 aliphatic heterocycles. The summed E-state index contributed by atoms with van der Waals surface area (Å²) in [6.07, 6.45) is 0. The summed E-state index contributed by atoms with van der Waals surface area (Å²) >= 11 is 0. The van der Waals surface area contributed by atoms with Crippen LogP contribution in [0.25, 0.3) is 0 Å². The molecule has 9 nitrogen and oxygen atoms in total. The predicted octanol–water partition coefficient (Wildman–Crippen LogP) is 3.37. The average molecular weight is 499 g/mol. The predicted molar refractivity (Wildman–Crippen MR) is 132 cm³/mol. The standard InChI is InChI=1S/C25H30N4O5S/c1-17-5-10-22(35(31,32)27-20-6-8-21(33-4)9-7-20)15-23(17)25(30)29-13-11-28(12-14-29)16-24-18(2)26-34-19(24)3/h5-10,15,27H,11-14,16H2,1-4H3. The highest BCUT2D eigenvalue weighted by Crippen LogP contribution is 2.23. The second kappa shape index (κ2) is 10.1. The molecular weight excluding hydrogens is 468 g/mol. The lowest BCUT2D eigenvalue weighted by Gasteiger charge is -2.35. The van der Waals surface area contributed by atoms with Crippen LogP contribution in [0.15, 0.2) is 51.9 Å². The van der Waals surface area contributed by atoms with E-state index in [1.807, 2.05) is 20.8 Å². The van der Waals surface area contributed by atoms with Gasteiger partial charge in [-0.3, -0.25) is 14.4 Å². The van der Waals surface area contributed by atoms with E-state index in [4.69, 9.17) is 9.26 Å². The smallest absolute Gasteiger partial charge is 0.261 e. The van der Waals surface area contributed by atoms with Gasteiger partial charge < -0.3 is 14.2 Å². The molecule has 0 spiro atoms. The Hall–Kier alpha value is -3.37. The number of ether oxygens (including phenoxy) is 1. The molecule has 186 valence electrons. The molecule has 10 heteroatoms. The number of rotatable bonds is 7. The number of amides is 1. The molecule has 0 saturated carbocycles. The topological polar surface area (TPSA) is 105 Å². The molecule has 4 rings (SSSR count). The van der Waals surface area contributed by atoms with E-state index < -0.39 is 10.0 Å². The van der Waals surface area contributed by atoms with Gasteiger partial charge in [-0.2, -0.15) is 0 Å². The fourth-order valence-corrected chi connectivity index (χ4v) is 5.19. The number of methoxy groups -OCH3 is 1. The van der Waals surface area contributed by atoms with Crippen molar-refractivity contribution in [3.63, 3.8) is 0 Å². The Labute approximate surface area is 205 Å². The monoisotopic (exact) mass is 498 g/mol. The number of piperazine rings is 1. The van der Waals surface area contributed by atoms with E-state index in [0.717, 1.165) is 29.1 Å². The Morgan fingerprint density at radius 1 is 1.06 bits per heavy atom. The molecule has 0 unspecified atom stereocenters. The third-order valence-electron chi connectivity index (χ3n) is 6.31. The molecule has 0 aliphatic carbocycles. The van der Waals surface area contributed by atoms with Crippen molar-refractivity contribution in [2.75, 3.05) is 38.0 Å². The summed E-state index contributed by atoms with van der Waals surface area (Å²) in [4.78, 5) is 17.4. The lowest BCUT2D eigenvalue weighted by atomic mass is 10.1. The summed E-state index contributed by atoms with van der Waals surface area (Å²) in [5.41, 5.74) is 3.51. The number of carbonyl (C=O) groups excluding carboxylic acids is 1. The molecule has 1 fully saturated rings. The Kier molecular flexibility index (Phi) is 7.13. The van der Waals surface area contributed by atoms with Gasteiger partial charge >= 0.3 is 0 Å². The summed E-state index contributed by atoms with van der Waals surface area (Å²) in [5, 5.41) is 4.01. The number of carbonyl (C=O) groups is 1. The molecule has 1 aliphatic rings. The van der Waals surface area contributed by atoms with Crippen LogP contribution in [0.2, 0.25) is 0 Å². The van der Waals surface area contributed by atoms with Crippen LogP contribution in [0.1, 0.15) is 32.9 Å².